The number of Topliss-reactive ketones (excluding diaryl/α,β-unsaturated/α-hetero) is 1. The Labute approximate surface area is 84.8 Å². The van der Waals surface area contributed by atoms with Crippen molar-refractivity contribution in [2.45, 2.75) is 26.2 Å². The third-order valence-corrected chi connectivity index (χ3v) is 4.14. The molecule has 78 valence electrons. The molecule has 0 spiro atoms. The van der Waals surface area contributed by atoms with Crippen molar-refractivity contribution in [3.63, 3.8) is 0 Å². The molecule has 14 heavy (non-hydrogen) atoms. The molecule has 0 radical (unpaired) electrons. The predicted molar refractivity (Wildman–Crippen MR) is 54.5 cm³/mol. The first kappa shape index (κ1) is 11.3. The van der Waals surface area contributed by atoms with Gasteiger partial charge in [0.1, 0.15) is 5.78 Å². The topological polar surface area (TPSA) is 51.2 Å². The van der Waals surface area contributed by atoms with Crippen LogP contribution in [0.4, 0.5) is 0 Å². The van der Waals surface area contributed by atoms with E-state index in [0.717, 1.165) is 0 Å². The predicted octanol–water partition coefficient (Wildman–Crippen LogP) is 0.794. The molecule has 1 atom stereocenters. The lowest BCUT2D eigenvalue weighted by molar-refractivity contribution is -0.118. The fraction of sp³-hybridized carbons (Fsp3) is 0.700. The summed E-state index contributed by atoms with van der Waals surface area (Å²) in [5, 5.41) is 0. The molecular formula is C10H14O3S. The molecule has 1 saturated heterocycles. The minimum atomic E-state index is -2.85. The van der Waals surface area contributed by atoms with E-state index in [4.69, 9.17) is 0 Å². The van der Waals surface area contributed by atoms with E-state index in [2.05, 4.69) is 11.8 Å². The van der Waals surface area contributed by atoms with Crippen molar-refractivity contribution in [1.82, 2.24) is 0 Å². The molecular weight excluding hydrogens is 200 g/mol. The fourth-order valence-electron chi connectivity index (χ4n) is 1.61. The molecule has 0 aliphatic carbocycles. The zero-order valence-corrected chi connectivity index (χ0v) is 9.06. The van der Waals surface area contributed by atoms with E-state index in [1.54, 1.807) is 6.92 Å². The molecule has 0 N–H and O–H groups in total. The Hall–Kier alpha value is -0.820. The van der Waals surface area contributed by atoms with Gasteiger partial charge >= 0.3 is 0 Å². The van der Waals surface area contributed by atoms with Crippen molar-refractivity contribution in [2.75, 3.05) is 11.5 Å². The van der Waals surface area contributed by atoms with E-state index in [-0.39, 0.29) is 29.6 Å². The van der Waals surface area contributed by atoms with E-state index in [1.807, 2.05) is 0 Å². The Morgan fingerprint density at radius 2 is 2.21 bits per heavy atom. The lowest BCUT2D eigenvalue weighted by Gasteiger charge is -2.03. The van der Waals surface area contributed by atoms with Crippen LogP contribution in [0.5, 0.6) is 0 Å². The number of carbonyl (C=O) groups is 1. The van der Waals surface area contributed by atoms with E-state index in [1.165, 1.54) is 0 Å². The Morgan fingerprint density at radius 3 is 2.71 bits per heavy atom. The van der Waals surface area contributed by atoms with Crippen molar-refractivity contribution in [3.05, 3.63) is 0 Å². The molecule has 1 aliphatic rings. The average Bonchev–Trinajstić information content (AvgIpc) is 2.42. The van der Waals surface area contributed by atoms with Crippen LogP contribution >= 0.6 is 0 Å². The Morgan fingerprint density at radius 1 is 1.50 bits per heavy atom. The zero-order chi connectivity index (χ0) is 10.6. The summed E-state index contributed by atoms with van der Waals surface area (Å²) in [4.78, 5) is 11.3. The molecule has 3 nitrogen and oxygen atoms in total. The number of hydrogen-bond acceptors (Lipinski definition) is 3. The number of sulfone groups is 1. The van der Waals surface area contributed by atoms with Gasteiger partial charge in [0, 0.05) is 6.42 Å². The lowest BCUT2D eigenvalue weighted by Crippen LogP contribution is -2.09. The van der Waals surface area contributed by atoms with Crippen LogP contribution in [0.2, 0.25) is 0 Å². The summed E-state index contributed by atoms with van der Waals surface area (Å²) in [6.45, 7) is 1.69. The number of ketones is 1. The van der Waals surface area contributed by atoms with Gasteiger partial charge in [-0.3, -0.25) is 4.79 Å². The zero-order valence-electron chi connectivity index (χ0n) is 8.25. The molecule has 1 heterocycles. The molecule has 1 fully saturated rings. The third-order valence-electron chi connectivity index (χ3n) is 2.31. The van der Waals surface area contributed by atoms with Crippen molar-refractivity contribution in [3.8, 4) is 11.8 Å². The smallest absolute Gasteiger partial charge is 0.150 e. The minimum Gasteiger partial charge on any atom is -0.299 e. The average molecular weight is 214 g/mol. The van der Waals surface area contributed by atoms with Gasteiger partial charge in [0.15, 0.2) is 9.84 Å². The van der Waals surface area contributed by atoms with Crippen LogP contribution in [0.1, 0.15) is 26.2 Å². The van der Waals surface area contributed by atoms with Gasteiger partial charge in [-0.15, -0.1) is 5.92 Å². The fourth-order valence-corrected chi connectivity index (χ4v) is 3.48. The maximum Gasteiger partial charge on any atom is 0.150 e. The molecule has 0 aromatic carbocycles. The van der Waals surface area contributed by atoms with Gasteiger partial charge < -0.3 is 0 Å². The number of carbonyl (C=O) groups excluding carboxylic acids is 1. The normalized spacial score (nSPS) is 23.9. The second-order valence-electron chi connectivity index (χ2n) is 3.62. The Balaban J connectivity index is 2.39. The van der Waals surface area contributed by atoms with Crippen molar-refractivity contribution >= 4 is 15.6 Å². The first-order valence-electron chi connectivity index (χ1n) is 4.65. The first-order chi connectivity index (χ1) is 6.53. The summed E-state index contributed by atoms with van der Waals surface area (Å²) in [6.07, 6.45) is 1.26. The minimum absolute atomic E-state index is 0.0335. The molecule has 1 rings (SSSR count). The van der Waals surface area contributed by atoms with E-state index in [9.17, 15) is 13.2 Å². The quantitative estimate of drug-likeness (QED) is 0.653. The standard InChI is InChI=1S/C10H14O3S/c1-2-3-4-10(11)7-9-5-6-14(12,13)8-9/h9H,4-8H2,1H3. The van der Waals surface area contributed by atoms with Crippen molar-refractivity contribution < 1.29 is 13.2 Å². The van der Waals surface area contributed by atoms with E-state index < -0.39 is 9.84 Å². The van der Waals surface area contributed by atoms with Crippen LogP contribution < -0.4 is 0 Å². The molecule has 4 heteroatoms. The molecule has 0 aromatic rings. The molecule has 1 aliphatic heterocycles. The molecule has 1 unspecified atom stereocenters. The van der Waals surface area contributed by atoms with Crippen LogP contribution in [0.3, 0.4) is 0 Å². The van der Waals surface area contributed by atoms with Gasteiger partial charge in [-0.05, 0) is 19.3 Å². The van der Waals surface area contributed by atoms with Gasteiger partial charge in [-0.25, -0.2) is 8.42 Å². The lowest BCUT2D eigenvalue weighted by atomic mass is 10.0. The monoisotopic (exact) mass is 214 g/mol. The summed E-state index contributed by atoms with van der Waals surface area (Å²) in [5.74, 6) is 5.85. The van der Waals surface area contributed by atoms with Gasteiger partial charge in [-0.1, -0.05) is 5.92 Å². The number of hydrogen-bond donors (Lipinski definition) is 0. The van der Waals surface area contributed by atoms with Gasteiger partial charge in [0.05, 0.1) is 17.9 Å². The summed E-state index contributed by atoms with van der Waals surface area (Å²) in [6, 6.07) is 0. The highest BCUT2D eigenvalue weighted by molar-refractivity contribution is 7.91. The molecule has 0 aromatic heterocycles. The maximum absolute atomic E-state index is 11.3. The largest absolute Gasteiger partial charge is 0.299 e. The van der Waals surface area contributed by atoms with Gasteiger partial charge in [0.25, 0.3) is 0 Å². The SMILES string of the molecule is CC#CCC(=O)CC1CCS(=O)(=O)C1. The van der Waals surface area contributed by atoms with Crippen molar-refractivity contribution in [1.29, 1.82) is 0 Å². The first-order valence-corrected chi connectivity index (χ1v) is 6.47. The highest BCUT2D eigenvalue weighted by Gasteiger charge is 2.28. The molecule has 0 saturated carbocycles. The number of rotatable bonds is 3. The van der Waals surface area contributed by atoms with Crippen LogP contribution in [0.25, 0.3) is 0 Å². The summed E-state index contributed by atoms with van der Waals surface area (Å²) >= 11 is 0. The van der Waals surface area contributed by atoms with Crippen molar-refractivity contribution in [2.24, 2.45) is 5.92 Å². The second kappa shape index (κ2) is 4.61. The van der Waals surface area contributed by atoms with Gasteiger partial charge in [0.2, 0.25) is 0 Å². The Bertz CT molecular complexity index is 370. The summed E-state index contributed by atoms with van der Waals surface area (Å²) < 4.78 is 22.2. The van der Waals surface area contributed by atoms with Crippen LogP contribution in [0.15, 0.2) is 0 Å². The Kier molecular flexibility index (Phi) is 3.70. The van der Waals surface area contributed by atoms with Gasteiger partial charge in [-0.2, -0.15) is 0 Å². The highest BCUT2D eigenvalue weighted by Crippen LogP contribution is 2.21. The van der Waals surface area contributed by atoms with Crippen LogP contribution in [-0.4, -0.2) is 25.7 Å². The highest BCUT2D eigenvalue weighted by atomic mass is 32.2. The van der Waals surface area contributed by atoms with E-state index in [0.29, 0.717) is 12.8 Å². The van der Waals surface area contributed by atoms with Crippen LogP contribution in [-0.2, 0) is 14.6 Å². The van der Waals surface area contributed by atoms with Crippen LogP contribution in [0, 0.1) is 17.8 Å². The maximum atomic E-state index is 11.3. The summed E-state index contributed by atoms with van der Waals surface area (Å²) in [5.41, 5.74) is 0. The molecule has 0 bridgehead atoms. The second-order valence-corrected chi connectivity index (χ2v) is 5.84. The third kappa shape index (κ3) is 3.51. The summed E-state index contributed by atoms with van der Waals surface area (Å²) in [7, 11) is -2.85. The molecule has 0 amide bonds. The van der Waals surface area contributed by atoms with E-state index >= 15 is 0 Å².